The van der Waals surface area contributed by atoms with Crippen molar-refractivity contribution in [3.63, 3.8) is 0 Å². The van der Waals surface area contributed by atoms with Crippen LogP contribution in [0.25, 0.3) is 4.95 Å². The minimum atomic E-state index is -3.96. The van der Waals surface area contributed by atoms with Crippen molar-refractivity contribution < 1.29 is 44.6 Å². The van der Waals surface area contributed by atoms with E-state index in [0.717, 1.165) is 4.23 Å². The van der Waals surface area contributed by atoms with Crippen LogP contribution < -0.4 is 0 Å². The highest BCUT2D eigenvalue weighted by molar-refractivity contribution is 6.79. The van der Waals surface area contributed by atoms with E-state index in [1.54, 1.807) is 0 Å². The Bertz CT molecular complexity index is 466. The molecule has 0 atom stereocenters. The predicted molar refractivity (Wildman–Crippen MR) is 96.0 cm³/mol. The molecule has 0 saturated heterocycles. The van der Waals surface area contributed by atoms with Crippen molar-refractivity contribution in [3.8, 4) is 0 Å². The summed E-state index contributed by atoms with van der Waals surface area (Å²) in [6.45, 7) is 7.48. The van der Waals surface area contributed by atoms with E-state index in [9.17, 15) is 4.79 Å². The highest BCUT2D eigenvalue weighted by Crippen LogP contribution is 2.28. The fraction of sp³-hybridized carbons (Fsp3) is 0.818. The van der Waals surface area contributed by atoms with Crippen LogP contribution in [0.15, 0.2) is 0 Å². The van der Waals surface area contributed by atoms with Gasteiger partial charge in [0.2, 0.25) is 0 Å². The van der Waals surface area contributed by atoms with E-state index < -0.39 is 32.9 Å². The zero-order valence-electron chi connectivity index (χ0n) is 16.9. The van der Waals surface area contributed by atoms with Crippen molar-refractivity contribution >= 4 is 32.9 Å². The van der Waals surface area contributed by atoms with E-state index in [4.69, 9.17) is 46.4 Å². The smallest absolute Gasteiger partial charge is 0.360 e. The zero-order valence-corrected chi connectivity index (χ0v) is 19.9. The van der Waals surface area contributed by atoms with E-state index >= 15 is 0 Å². The molecule has 0 N–H and O–H groups in total. The van der Waals surface area contributed by atoms with E-state index in [-0.39, 0.29) is 0 Å². The molecule has 0 spiro atoms. The molecule has 16 heteroatoms. The van der Waals surface area contributed by atoms with Crippen LogP contribution in [0.2, 0.25) is 0 Å². The zero-order chi connectivity index (χ0) is 21.3. The van der Waals surface area contributed by atoms with Gasteiger partial charge >= 0.3 is 32.9 Å². The second kappa shape index (κ2) is 11.1. The minimum Gasteiger partial charge on any atom is -0.360 e. The van der Waals surface area contributed by atoms with Crippen LogP contribution in [0.5, 0.6) is 0 Å². The first-order chi connectivity index (χ1) is 12.8. The summed E-state index contributed by atoms with van der Waals surface area (Å²) in [5, 5.41) is 0. The molecular formula is C11H27N3O10Si3. The molecule has 27 heavy (non-hydrogen) atoms. The lowest BCUT2D eigenvalue weighted by Gasteiger charge is -2.42. The van der Waals surface area contributed by atoms with Crippen LogP contribution in [-0.2, 0) is 39.8 Å². The second-order valence-corrected chi connectivity index (χ2v) is 13.0. The molecule has 0 unspecified atom stereocenters. The van der Waals surface area contributed by atoms with Gasteiger partial charge in [0.05, 0.1) is 0 Å². The third kappa shape index (κ3) is 4.56. The molecule has 0 aliphatic rings. The van der Waals surface area contributed by atoms with Crippen LogP contribution >= 0.6 is 0 Å². The molecule has 0 heterocycles. The van der Waals surface area contributed by atoms with E-state index in [1.165, 1.54) is 64.0 Å². The summed E-state index contributed by atoms with van der Waals surface area (Å²) in [4.78, 5) is 16.7. The molecule has 0 aliphatic heterocycles. The Hall–Kier alpha value is -0.949. The molecule has 2 amide bonds. The fourth-order valence-electron chi connectivity index (χ4n) is 2.27. The minimum absolute atomic E-state index is 0.574. The van der Waals surface area contributed by atoms with Crippen molar-refractivity contribution in [1.82, 2.24) is 8.91 Å². The van der Waals surface area contributed by atoms with Crippen LogP contribution in [0.3, 0.4) is 0 Å². The number of urea groups is 1. The maximum absolute atomic E-state index is 13.5. The summed E-state index contributed by atoms with van der Waals surface area (Å²) in [5.74, 6) is 0. The Morgan fingerprint density at radius 2 is 0.889 bits per heavy atom. The van der Waals surface area contributed by atoms with Crippen molar-refractivity contribution in [3.05, 3.63) is 11.5 Å². The largest absolute Gasteiger partial charge is 0.709 e. The Balaban J connectivity index is 6.69. The number of nitrogens with zero attached hydrogens (tertiary/aromatic N) is 3. The molecule has 158 valence electrons. The fourth-order valence-corrected chi connectivity index (χ4v) is 9.69. The summed E-state index contributed by atoms with van der Waals surface area (Å²) >= 11 is 0. The standard InChI is InChI=1S/C11H27N3O10Si3/c1-12-13(25(16-2,17-3)18-4)11(15)14(26(19-5,20-6)21-7)27(22-8,23-9)24-10/h2-10H3. The van der Waals surface area contributed by atoms with Crippen molar-refractivity contribution in [1.29, 1.82) is 0 Å². The molecule has 0 radical (unpaired) electrons. The van der Waals surface area contributed by atoms with Gasteiger partial charge in [-0.15, -0.1) is 0 Å². The Morgan fingerprint density at radius 1 is 0.630 bits per heavy atom. The molecule has 0 aromatic rings. The van der Waals surface area contributed by atoms with Crippen molar-refractivity contribution in [2.75, 3.05) is 64.0 Å². The number of rotatable bonds is 12. The summed E-state index contributed by atoms with van der Waals surface area (Å²) < 4.78 is 49.6. The normalized spacial score (nSPS) is 12.6. The lowest BCUT2D eigenvalue weighted by molar-refractivity contribution is 0.0245. The number of carbonyl (C=O) groups excluding carboxylic acids is 1. The van der Waals surface area contributed by atoms with Crippen LogP contribution in [-0.4, -0.2) is 106 Å². The van der Waals surface area contributed by atoms with Gasteiger partial charge in [-0.1, -0.05) is 0 Å². The molecule has 0 fully saturated rings. The van der Waals surface area contributed by atoms with Crippen molar-refractivity contribution in [2.24, 2.45) is 0 Å². The van der Waals surface area contributed by atoms with Crippen LogP contribution in [0, 0.1) is 6.57 Å². The lowest BCUT2D eigenvalue weighted by Crippen LogP contribution is -2.78. The highest BCUT2D eigenvalue weighted by atomic mass is 28.5. The average molecular weight is 446 g/mol. The first-order valence-electron chi connectivity index (χ1n) is 7.26. The van der Waals surface area contributed by atoms with Crippen LogP contribution in [0.4, 0.5) is 4.79 Å². The average Bonchev–Trinajstić information content (AvgIpc) is 2.73. The molecule has 13 nitrogen and oxygen atoms in total. The molecule has 0 saturated carbocycles. The lowest BCUT2D eigenvalue weighted by atomic mass is 11.1. The maximum atomic E-state index is 13.5. The van der Waals surface area contributed by atoms with Gasteiger partial charge in [-0.25, -0.2) is 9.03 Å². The van der Waals surface area contributed by atoms with Gasteiger partial charge in [0.1, 0.15) is 0 Å². The van der Waals surface area contributed by atoms with Gasteiger partial charge in [-0.3, -0.25) is 0 Å². The Kier molecular flexibility index (Phi) is 10.8. The van der Waals surface area contributed by atoms with Gasteiger partial charge in [0.25, 0.3) is 0 Å². The van der Waals surface area contributed by atoms with Gasteiger partial charge < -0.3 is 39.8 Å². The molecular weight excluding hydrogens is 418 g/mol. The maximum Gasteiger partial charge on any atom is 0.709 e. The molecule has 0 aliphatic carbocycles. The number of amides is 2. The summed E-state index contributed by atoms with van der Waals surface area (Å²) in [7, 11) is -0.456. The first-order valence-corrected chi connectivity index (χ1v) is 12.3. The van der Waals surface area contributed by atoms with E-state index in [1.807, 2.05) is 0 Å². The highest BCUT2D eigenvalue weighted by Gasteiger charge is 2.71. The third-order valence-corrected chi connectivity index (χ3v) is 12.2. The number of hydrogen-bond acceptors (Lipinski definition) is 10. The molecule has 0 rings (SSSR count). The summed E-state index contributed by atoms with van der Waals surface area (Å²) in [6.07, 6.45) is 0. The Morgan fingerprint density at radius 3 is 1.07 bits per heavy atom. The number of hydrogen-bond donors (Lipinski definition) is 0. The third-order valence-electron chi connectivity index (χ3n) is 3.60. The van der Waals surface area contributed by atoms with Gasteiger partial charge in [0, 0.05) is 68.7 Å². The molecule has 0 aromatic heterocycles. The van der Waals surface area contributed by atoms with Gasteiger partial charge in [-0.2, -0.15) is 11.5 Å². The van der Waals surface area contributed by atoms with Crippen molar-refractivity contribution in [2.45, 2.75) is 0 Å². The predicted octanol–water partition coefficient (Wildman–Crippen LogP) is -0.331. The van der Waals surface area contributed by atoms with Gasteiger partial charge in [0.15, 0.2) is 0 Å². The van der Waals surface area contributed by atoms with Crippen LogP contribution in [0.1, 0.15) is 0 Å². The molecule has 0 bridgehead atoms. The second-order valence-electron chi connectivity index (χ2n) is 4.44. The van der Waals surface area contributed by atoms with E-state index in [2.05, 4.69) is 4.95 Å². The van der Waals surface area contributed by atoms with E-state index in [0.29, 0.717) is 4.67 Å². The monoisotopic (exact) mass is 445 g/mol. The topological polar surface area (TPSA) is 111 Å². The quantitative estimate of drug-likeness (QED) is 0.225. The summed E-state index contributed by atoms with van der Waals surface area (Å²) in [6, 6.07) is -1.02. The summed E-state index contributed by atoms with van der Waals surface area (Å²) in [5.41, 5.74) is 0. The Labute approximate surface area is 162 Å². The molecule has 0 aromatic carbocycles. The SMILES string of the molecule is [C-]#[N+]N(C(=O)N([Si](OC)(OC)OC)[Si](OC)(OC)OC)[Si](OC)(OC)OC. The van der Waals surface area contributed by atoms with Gasteiger partial charge in [-0.05, 0) is 0 Å². The first kappa shape index (κ1) is 26.1. The number of carbonyl (C=O) groups is 1.